The van der Waals surface area contributed by atoms with Crippen LogP contribution in [-0.4, -0.2) is 33.4 Å². The van der Waals surface area contributed by atoms with Crippen LogP contribution in [0.4, 0.5) is 4.39 Å². The van der Waals surface area contributed by atoms with Gasteiger partial charge in [0.1, 0.15) is 5.82 Å². The lowest BCUT2D eigenvalue weighted by atomic mass is 10.1. The van der Waals surface area contributed by atoms with Gasteiger partial charge in [-0.2, -0.15) is 5.10 Å². The first-order chi connectivity index (χ1) is 11.7. The van der Waals surface area contributed by atoms with Gasteiger partial charge in [-0.1, -0.05) is 0 Å². The van der Waals surface area contributed by atoms with Crippen LogP contribution in [0.3, 0.4) is 0 Å². The Balaban J connectivity index is 1.79. The molecule has 6 heteroatoms. The van der Waals surface area contributed by atoms with Crippen molar-refractivity contribution >= 4 is 11.3 Å². The van der Waals surface area contributed by atoms with Gasteiger partial charge in [0.15, 0.2) is 0 Å². The summed E-state index contributed by atoms with van der Waals surface area (Å²) in [4.78, 5) is 3.49. The highest BCUT2D eigenvalue weighted by Crippen LogP contribution is 2.24. The number of aliphatic hydroxyl groups is 1. The van der Waals surface area contributed by atoms with Crippen molar-refractivity contribution in [2.45, 2.75) is 20.0 Å². The van der Waals surface area contributed by atoms with Gasteiger partial charge in [0.05, 0.1) is 18.5 Å². The third kappa shape index (κ3) is 3.90. The first kappa shape index (κ1) is 16.8. The molecule has 0 unspecified atom stereocenters. The number of nitrogens with one attached hydrogen (secondary N) is 1. The molecule has 0 aliphatic carbocycles. The van der Waals surface area contributed by atoms with Gasteiger partial charge >= 0.3 is 0 Å². The molecule has 0 aliphatic rings. The standard InChI is InChI=1S/C18H20FN3OS/c1-13-6-9-24-17(13)12-22(7-8-23)11-15-10-20-21-18(15)14-2-4-16(19)5-3-14/h2-6,9-10,23H,7-8,11-12H2,1H3,(H,20,21). The Labute approximate surface area is 144 Å². The van der Waals surface area contributed by atoms with Gasteiger partial charge in [-0.25, -0.2) is 4.39 Å². The van der Waals surface area contributed by atoms with Crippen molar-refractivity contribution in [2.75, 3.05) is 13.2 Å². The first-order valence-electron chi connectivity index (χ1n) is 7.81. The molecule has 3 aromatic rings. The average Bonchev–Trinajstić information content (AvgIpc) is 3.18. The van der Waals surface area contributed by atoms with Gasteiger partial charge in [0.25, 0.3) is 0 Å². The molecule has 0 atom stereocenters. The van der Waals surface area contributed by atoms with E-state index in [1.807, 2.05) is 0 Å². The van der Waals surface area contributed by atoms with Gasteiger partial charge in [-0.05, 0) is 48.2 Å². The predicted octanol–water partition coefficient (Wildman–Crippen LogP) is 3.58. The third-order valence-corrected chi connectivity index (χ3v) is 5.00. The van der Waals surface area contributed by atoms with Crippen LogP contribution < -0.4 is 0 Å². The van der Waals surface area contributed by atoms with Crippen molar-refractivity contribution in [1.82, 2.24) is 15.1 Å². The number of aryl methyl sites for hydroxylation is 1. The SMILES string of the molecule is Cc1ccsc1CN(CCO)Cc1cn[nH]c1-c1ccc(F)cc1. The largest absolute Gasteiger partial charge is 0.395 e. The van der Waals surface area contributed by atoms with E-state index >= 15 is 0 Å². The second-order valence-electron chi connectivity index (χ2n) is 5.74. The Morgan fingerprint density at radius 2 is 2.00 bits per heavy atom. The summed E-state index contributed by atoms with van der Waals surface area (Å²) in [6.07, 6.45) is 1.80. The van der Waals surface area contributed by atoms with E-state index < -0.39 is 0 Å². The normalized spacial score (nSPS) is 11.3. The number of aliphatic hydroxyl groups excluding tert-OH is 1. The second kappa shape index (κ2) is 7.70. The molecule has 1 aromatic carbocycles. The number of benzene rings is 1. The quantitative estimate of drug-likeness (QED) is 0.688. The van der Waals surface area contributed by atoms with Gasteiger partial charge < -0.3 is 5.11 Å². The Kier molecular flexibility index (Phi) is 5.40. The molecule has 0 radical (unpaired) electrons. The van der Waals surface area contributed by atoms with Gasteiger partial charge in [0, 0.05) is 35.6 Å². The third-order valence-electron chi connectivity index (χ3n) is 4.00. The fourth-order valence-corrected chi connectivity index (χ4v) is 3.61. The van der Waals surface area contributed by atoms with E-state index in [-0.39, 0.29) is 12.4 Å². The van der Waals surface area contributed by atoms with E-state index in [0.29, 0.717) is 13.1 Å². The van der Waals surface area contributed by atoms with Crippen LogP contribution in [0, 0.1) is 12.7 Å². The second-order valence-corrected chi connectivity index (χ2v) is 6.74. The zero-order chi connectivity index (χ0) is 16.9. The Morgan fingerprint density at radius 1 is 1.21 bits per heavy atom. The van der Waals surface area contributed by atoms with E-state index in [1.54, 1.807) is 29.7 Å². The number of hydrogen-bond donors (Lipinski definition) is 2. The topological polar surface area (TPSA) is 52.1 Å². The highest BCUT2D eigenvalue weighted by atomic mass is 32.1. The van der Waals surface area contributed by atoms with Crippen LogP contribution in [0.5, 0.6) is 0 Å². The van der Waals surface area contributed by atoms with E-state index in [4.69, 9.17) is 0 Å². The summed E-state index contributed by atoms with van der Waals surface area (Å²) in [7, 11) is 0. The van der Waals surface area contributed by atoms with Crippen molar-refractivity contribution < 1.29 is 9.50 Å². The molecule has 2 heterocycles. The highest BCUT2D eigenvalue weighted by Gasteiger charge is 2.14. The summed E-state index contributed by atoms with van der Waals surface area (Å²) in [6, 6.07) is 8.48. The van der Waals surface area contributed by atoms with Gasteiger partial charge in [-0.3, -0.25) is 10.00 Å². The Bertz CT molecular complexity index is 782. The minimum atomic E-state index is -0.255. The fraction of sp³-hybridized carbons (Fsp3) is 0.278. The summed E-state index contributed by atoms with van der Waals surface area (Å²) < 4.78 is 13.1. The number of H-pyrrole nitrogens is 1. The van der Waals surface area contributed by atoms with Crippen LogP contribution in [-0.2, 0) is 13.1 Å². The molecule has 3 rings (SSSR count). The Hall–Kier alpha value is -2.02. The lowest BCUT2D eigenvalue weighted by Crippen LogP contribution is -2.26. The van der Waals surface area contributed by atoms with Crippen molar-refractivity contribution in [2.24, 2.45) is 0 Å². The summed E-state index contributed by atoms with van der Waals surface area (Å²) in [6.45, 7) is 4.25. The molecule has 0 bridgehead atoms. The number of aromatic nitrogens is 2. The lowest BCUT2D eigenvalue weighted by Gasteiger charge is -2.21. The van der Waals surface area contributed by atoms with Crippen molar-refractivity contribution in [3.63, 3.8) is 0 Å². The molecular weight excluding hydrogens is 325 g/mol. The minimum absolute atomic E-state index is 0.105. The number of nitrogens with zero attached hydrogens (tertiary/aromatic N) is 2. The molecule has 0 aliphatic heterocycles. The van der Waals surface area contributed by atoms with Crippen molar-refractivity contribution in [3.8, 4) is 11.3 Å². The van der Waals surface area contributed by atoms with Crippen LogP contribution >= 0.6 is 11.3 Å². The van der Waals surface area contributed by atoms with Crippen LogP contribution in [0.2, 0.25) is 0 Å². The van der Waals surface area contributed by atoms with E-state index in [9.17, 15) is 9.50 Å². The summed E-state index contributed by atoms with van der Waals surface area (Å²) in [5, 5.41) is 18.6. The highest BCUT2D eigenvalue weighted by molar-refractivity contribution is 7.10. The maximum atomic E-state index is 13.1. The average molecular weight is 345 g/mol. The van der Waals surface area contributed by atoms with Crippen molar-refractivity contribution in [3.05, 3.63) is 63.7 Å². The lowest BCUT2D eigenvalue weighted by molar-refractivity contribution is 0.185. The molecule has 0 spiro atoms. The summed E-state index contributed by atoms with van der Waals surface area (Å²) in [5.74, 6) is -0.255. The molecule has 0 saturated carbocycles. The molecule has 0 saturated heterocycles. The van der Waals surface area contributed by atoms with Crippen LogP contribution in [0.25, 0.3) is 11.3 Å². The molecule has 126 valence electrons. The Morgan fingerprint density at radius 3 is 2.67 bits per heavy atom. The van der Waals surface area contributed by atoms with Crippen molar-refractivity contribution in [1.29, 1.82) is 0 Å². The smallest absolute Gasteiger partial charge is 0.123 e. The number of halogens is 1. The molecule has 2 N–H and O–H groups in total. The first-order valence-corrected chi connectivity index (χ1v) is 8.69. The van der Waals surface area contributed by atoms with Crippen LogP contribution in [0.1, 0.15) is 16.0 Å². The monoisotopic (exact) mass is 345 g/mol. The summed E-state index contributed by atoms with van der Waals surface area (Å²) in [5.41, 5.74) is 4.10. The number of aromatic amines is 1. The number of rotatable bonds is 7. The van der Waals surface area contributed by atoms with E-state index in [1.165, 1.54) is 22.6 Å². The van der Waals surface area contributed by atoms with Gasteiger partial charge in [0.2, 0.25) is 0 Å². The molecule has 24 heavy (non-hydrogen) atoms. The zero-order valence-corrected chi connectivity index (χ0v) is 14.3. The molecule has 0 amide bonds. The van der Waals surface area contributed by atoms with E-state index in [2.05, 4.69) is 33.5 Å². The molecule has 2 aromatic heterocycles. The summed E-state index contributed by atoms with van der Waals surface area (Å²) >= 11 is 1.73. The number of thiophene rings is 1. The predicted molar refractivity (Wildman–Crippen MR) is 94.2 cm³/mol. The molecular formula is C18H20FN3OS. The maximum Gasteiger partial charge on any atom is 0.123 e. The zero-order valence-electron chi connectivity index (χ0n) is 13.5. The molecule has 4 nitrogen and oxygen atoms in total. The number of hydrogen-bond acceptors (Lipinski definition) is 4. The van der Waals surface area contributed by atoms with Gasteiger partial charge in [-0.15, -0.1) is 11.3 Å². The minimum Gasteiger partial charge on any atom is -0.395 e. The van der Waals surface area contributed by atoms with E-state index in [0.717, 1.165) is 23.4 Å². The van der Waals surface area contributed by atoms with Crippen LogP contribution in [0.15, 0.2) is 41.9 Å². The molecule has 0 fully saturated rings. The maximum absolute atomic E-state index is 13.1. The fourth-order valence-electron chi connectivity index (χ4n) is 2.66.